The van der Waals surface area contributed by atoms with Gasteiger partial charge in [0.15, 0.2) is 0 Å². The normalized spacial score (nSPS) is 17.9. The Balaban J connectivity index is 1.89. The van der Waals surface area contributed by atoms with E-state index < -0.39 is 0 Å². The summed E-state index contributed by atoms with van der Waals surface area (Å²) < 4.78 is 5.42. The summed E-state index contributed by atoms with van der Waals surface area (Å²) in [6.07, 6.45) is 5.59. The highest BCUT2D eigenvalue weighted by Gasteiger charge is 2.30. The molecule has 1 aromatic heterocycles. The standard InChI is InChI=1S/C13H22N2O/c1-2-11(8-14)9-15(12-5-6-12)10-13-4-3-7-16-13/h3-4,7,11-12H,2,5-6,8-10,14H2,1H3. The molecule has 0 saturated heterocycles. The van der Waals surface area contributed by atoms with Gasteiger partial charge in [-0.15, -0.1) is 0 Å². The fraction of sp³-hybridized carbons (Fsp3) is 0.692. The Labute approximate surface area is 97.6 Å². The van der Waals surface area contributed by atoms with Crippen molar-refractivity contribution in [1.82, 2.24) is 4.90 Å². The number of rotatable bonds is 7. The second kappa shape index (κ2) is 5.51. The summed E-state index contributed by atoms with van der Waals surface area (Å²) >= 11 is 0. The average Bonchev–Trinajstić information content (AvgIpc) is 3.03. The van der Waals surface area contributed by atoms with Crippen molar-refractivity contribution in [2.24, 2.45) is 11.7 Å². The molecule has 0 aromatic carbocycles. The first kappa shape index (κ1) is 11.7. The van der Waals surface area contributed by atoms with Gasteiger partial charge in [0.25, 0.3) is 0 Å². The van der Waals surface area contributed by atoms with Crippen LogP contribution in [0.5, 0.6) is 0 Å². The minimum Gasteiger partial charge on any atom is -0.468 e. The van der Waals surface area contributed by atoms with E-state index >= 15 is 0 Å². The highest BCUT2D eigenvalue weighted by molar-refractivity contribution is 5.00. The molecule has 1 unspecified atom stereocenters. The Kier molecular flexibility index (Phi) is 4.02. The zero-order valence-electron chi connectivity index (χ0n) is 10.1. The van der Waals surface area contributed by atoms with Crippen molar-refractivity contribution in [2.45, 2.75) is 38.8 Å². The van der Waals surface area contributed by atoms with Crippen molar-refractivity contribution in [3.05, 3.63) is 24.2 Å². The van der Waals surface area contributed by atoms with Crippen molar-refractivity contribution in [3.8, 4) is 0 Å². The van der Waals surface area contributed by atoms with Gasteiger partial charge in [-0.25, -0.2) is 0 Å². The minimum absolute atomic E-state index is 0.621. The summed E-state index contributed by atoms with van der Waals surface area (Å²) in [5, 5.41) is 0. The van der Waals surface area contributed by atoms with Crippen molar-refractivity contribution >= 4 is 0 Å². The Morgan fingerprint density at radius 1 is 1.56 bits per heavy atom. The molecule has 2 N–H and O–H groups in total. The van der Waals surface area contributed by atoms with Crippen LogP contribution in [-0.4, -0.2) is 24.0 Å². The van der Waals surface area contributed by atoms with Gasteiger partial charge < -0.3 is 10.2 Å². The molecule has 16 heavy (non-hydrogen) atoms. The number of furan rings is 1. The molecule has 1 aliphatic carbocycles. The van der Waals surface area contributed by atoms with Crippen LogP contribution >= 0.6 is 0 Å². The molecule has 1 aliphatic rings. The minimum atomic E-state index is 0.621. The fourth-order valence-electron chi connectivity index (χ4n) is 2.09. The molecule has 0 bridgehead atoms. The van der Waals surface area contributed by atoms with E-state index in [1.807, 2.05) is 6.07 Å². The Morgan fingerprint density at radius 2 is 2.38 bits per heavy atom. The number of nitrogens with two attached hydrogens (primary N) is 1. The molecule has 3 nitrogen and oxygen atoms in total. The highest BCUT2D eigenvalue weighted by Crippen LogP contribution is 2.29. The summed E-state index contributed by atoms with van der Waals surface area (Å²) in [4.78, 5) is 2.53. The van der Waals surface area contributed by atoms with Crippen LogP contribution in [0, 0.1) is 5.92 Å². The third kappa shape index (κ3) is 3.09. The molecular weight excluding hydrogens is 200 g/mol. The van der Waals surface area contributed by atoms with Gasteiger partial charge in [-0.3, -0.25) is 4.90 Å². The lowest BCUT2D eigenvalue weighted by Gasteiger charge is -2.25. The number of hydrogen-bond donors (Lipinski definition) is 1. The molecule has 0 spiro atoms. The van der Waals surface area contributed by atoms with E-state index in [1.54, 1.807) is 6.26 Å². The van der Waals surface area contributed by atoms with E-state index in [9.17, 15) is 0 Å². The predicted molar refractivity (Wildman–Crippen MR) is 65.0 cm³/mol. The summed E-state index contributed by atoms with van der Waals surface area (Å²) in [5.74, 6) is 1.69. The lowest BCUT2D eigenvalue weighted by atomic mass is 10.1. The largest absolute Gasteiger partial charge is 0.468 e. The molecule has 1 saturated carbocycles. The van der Waals surface area contributed by atoms with E-state index in [2.05, 4.69) is 17.9 Å². The summed E-state index contributed by atoms with van der Waals surface area (Å²) in [6, 6.07) is 4.78. The first-order chi connectivity index (χ1) is 7.83. The van der Waals surface area contributed by atoms with E-state index in [0.29, 0.717) is 5.92 Å². The van der Waals surface area contributed by atoms with Crippen molar-refractivity contribution in [2.75, 3.05) is 13.1 Å². The van der Waals surface area contributed by atoms with Crippen LogP contribution < -0.4 is 5.73 Å². The maximum absolute atomic E-state index is 5.78. The van der Waals surface area contributed by atoms with Crippen LogP contribution in [0.15, 0.2) is 22.8 Å². The number of nitrogens with zero attached hydrogens (tertiary/aromatic N) is 1. The van der Waals surface area contributed by atoms with Crippen molar-refractivity contribution in [3.63, 3.8) is 0 Å². The molecule has 0 radical (unpaired) electrons. The molecule has 1 aromatic rings. The van der Waals surface area contributed by atoms with Crippen LogP contribution in [0.25, 0.3) is 0 Å². The molecule has 0 amide bonds. The van der Waals surface area contributed by atoms with Gasteiger partial charge in [0.2, 0.25) is 0 Å². The first-order valence-corrected chi connectivity index (χ1v) is 6.30. The van der Waals surface area contributed by atoms with Gasteiger partial charge in [0, 0.05) is 12.6 Å². The number of hydrogen-bond acceptors (Lipinski definition) is 3. The lowest BCUT2D eigenvalue weighted by Crippen LogP contribution is -2.33. The second-order valence-electron chi connectivity index (χ2n) is 4.75. The van der Waals surface area contributed by atoms with Crippen molar-refractivity contribution < 1.29 is 4.42 Å². The predicted octanol–water partition coefficient (Wildman–Crippen LogP) is 2.23. The maximum Gasteiger partial charge on any atom is 0.117 e. The van der Waals surface area contributed by atoms with Gasteiger partial charge in [-0.1, -0.05) is 13.3 Å². The third-order valence-electron chi connectivity index (χ3n) is 3.41. The van der Waals surface area contributed by atoms with Crippen LogP contribution in [0.2, 0.25) is 0 Å². The maximum atomic E-state index is 5.78. The Hall–Kier alpha value is -0.800. The lowest BCUT2D eigenvalue weighted by molar-refractivity contribution is 0.197. The zero-order chi connectivity index (χ0) is 11.4. The zero-order valence-corrected chi connectivity index (χ0v) is 10.1. The molecule has 1 fully saturated rings. The van der Waals surface area contributed by atoms with Crippen LogP contribution in [0.1, 0.15) is 31.9 Å². The quantitative estimate of drug-likeness (QED) is 0.769. The van der Waals surface area contributed by atoms with Gasteiger partial charge in [0.05, 0.1) is 12.8 Å². The monoisotopic (exact) mass is 222 g/mol. The summed E-state index contributed by atoms with van der Waals surface area (Å²) in [7, 11) is 0. The van der Waals surface area contributed by atoms with Gasteiger partial charge >= 0.3 is 0 Å². The average molecular weight is 222 g/mol. The van der Waals surface area contributed by atoms with Gasteiger partial charge in [0.1, 0.15) is 5.76 Å². The molecule has 2 rings (SSSR count). The Bertz CT molecular complexity index is 289. The second-order valence-corrected chi connectivity index (χ2v) is 4.75. The molecule has 1 heterocycles. The van der Waals surface area contributed by atoms with Crippen molar-refractivity contribution in [1.29, 1.82) is 0 Å². The fourth-order valence-corrected chi connectivity index (χ4v) is 2.09. The smallest absolute Gasteiger partial charge is 0.117 e. The van der Waals surface area contributed by atoms with Gasteiger partial charge in [-0.05, 0) is 37.4 Å². The topological polar surface area (TPSA) is 42.4 Å². The van der Waals surface area contributed by atoms with Crippen LogP contribution in [0.4, 0.5) is 0 Å². The third-order valence-corrected chi connectivity index (χ3v) is 3.41. The molecule has 90 valence electrons. The van der Waals surface area contributed by atoms with E-state index in [0.717, 1.165) is 37.9 Å². The Morgan fingerprint density at radius 3 is 2.88 bits per heavy atom. The highest BCUT2D eigenvalue weighted by atomic mass is 16.3. The summed E-state index contributed by atoms with van der Waals surface area (Å²) in [6.45, 7) is 5.06. The van der Waals surface area contributed by atoms with Crippen LogP contribution in [-0.2, 0) is 6.54 Å². The molecule has 0 aliphatic heterocycles. The first-order valence-electron chi connectivity index (χ1n) is 6.30. The van der Waals surface area contributed by atoms with Gasteiger partial charge in [-0.2, -0.15) is 0 Å². The van der Waals surface area contributed by atoms with E-state index in [4.69, 9.17) is 10.2 Å². The molecular formula is C13H22N2O. The van der Waals surface area contributed by atoms with E-state index in [1.165, 1.54) is 12.8 Å². The molecule has 1 atom stereocenters. The molecule has 3 heteroatoms. The van der Waals surface area contributed by atoms with Crippen LogP contribution in [0.3, 0.4) is 0 Å². The SMILES string of the molecule is CCC(CN)CN(Cc1ccco1)C1CC1. The summed E-state index contributed by atoms with van der Waals surface area (Å²) in [5.41, 5.74) is 5.78. The van der Waals surface area contributed by atoms with E-state index in [-0.39, 0.29) is 0 Å².